The van der Waals surface area contributed by atoms with Crippen molar-refractivity contribution < 1.29 is 4.74 Å². The Morgan fingerprint density at radius 1 is 1.39 bits per heavy atom. The summed E-state index contributed by atoms with van der Waals surface area (Å²) in [6.45, 7) is 5.75. The molecule has 0 spiro atoms. The highest BCUT2D eigenvalue weighted by molar-refractivity contribution is 5.77. The molecule has 0 aliphatic rings. The van der Waals surface area contributed by atoms with Gasteiger partial charge in [-0.3, -0.25) is 4.99 Å². The van der Waals surface area contributed by atoms with Crippen molar-refractivity contribution in [3.8, 4) is 5.75 Å². The number of guanidine groups is 1. The zero-order valence-electron chi connectivity index (χ0n) is 11.4. The molecular weight excluding hydrogens is 226 g/mol. The summed E-state index contributed by atoms with van der Waals surface area (Å²) in [6, 6.07) is 8.00. The van der Waals surface area contributed by atoms with E-state index in [0.717, 1.165) is 25.3 Å². The van der Waals surface area contributed by atoms with Crippen LogP contribution in [0.25, 0.3) is 0 Å². The van der Waals surface area contributed by atoms with E-state index >= 15 is 0 Å². The number of nitrogens with two attached hydrogens (primary N) is 1. The van der Waals surface area contributed by atoms with Gasteiger partial charge in [-0.15, -0.1) is 0 Å². The second kappa shape index (κ2) is 7.58. The number of methoxy groups -OCH3 is 1. The van der Waals surface area contributed by atoms with Crippen LogP contribution in [0.1, 0.15) is 19.4 Å². The third-order valence-electron chi connectivity index (χ3n) is 2.52. The second-order valence-corrected chi connectivity index (χ2v) is 4.61. The van der Waals surface area contributed by atoms with E-state index in [-0.39, 0.29) is 0 Å². The van der Waals surface area contributed by atoms with Crippen LogP contribution in [-0.4, -0.2) is 26.2 Å². The van der Waals surface area contributed by atoms with Crippen LogP contribution >= 0.6 is 0 Å². The highest BCUT2D eigenvalue weighted by Crippen LogP contribution is 2.17. The molecule has 0 aliphatic heterocycles. The number of ether oxygens (including phenoxy) is 1. The lowest BCUT2D eigenvalue weighted by molar-refractivity contribution is 0.409. The Bertz CT molecular complexity index is 388. The lowest BCUT2D eigenvalue weighted by atomic mass is 10.1. The van der Waals surface area contributed by atoms with Crippen molar-refractivity contribution in [2.75, 3.05) is 20.2 Å². The number of rotatable bonds is 6. The van der Waals surface area contributed by atoms with E-state index in [1.54, 1.807) is 7.11 Å². The summed E-state index contributed by atoms with van der Waals surface area (Å²) in [5.41, 5.74) is 6.93. The fourth-order valence-corrected chi connectivity index (χ4v) is 1.57. The molecule has 0 fully saturated rings. The lowest BCUT2D eigenvalue weighted by Gasteiger charge is -2.09. The lowest BCUT2D eigenvalue weighted by Crippen LogP contribution is -2.33. The van der Waals surface area contributed by atoms with Gasteiger partial charge in [-0.05, 0) is 24.0 Å². The highest BCUT2D eigenvalue weighted by atomic mass is 16.5. The molecule has 0 amide bonds. The zero-order valence-corrected chi connectivity index (χ0v) is 11.4. The molecule has 0 heterocycles. The Kier molecular flexibility index (Phi) is 6.05. The van der Waals surface area contributed by atoms with Gasteiger partial charge < -0.3 is 15.8 Å². The summed E-state index contributed by atoms with van der Waals surface area (Å²) in [6.07, 6.45) is 0.863. The average Bonchev–Trinajstić information content (AvgIpc) is 2.37. The summed E-state index contributed by atoms with van der Waals surface area (Å²) in [4.78, 5) is 4.25. The van der Waals surface area contributed by atoms with Gasteiger partial charge in [-0.1, -0.05) is 32.0 Å². The summed E-state index contributed by atoms with van der Waals surface area (Å²) in [5.74, 6) is 1.95. The summed E-state index contributed by atoms with van der Waals surface area (Å²) >= 11 is 0. The van der Waals surface area contributed by atoms with Gasteiger partial charge in [0.25, 0.3) is 0 Å². The third-order valence-corrected chi connectivity index (χ3v) is 2.52. The molecule has 0 unspecified atom stereocenters. The molecule has 0 aromatic heterocycles. The second-order valence-electron chi connectivity index (χ2n) is 4.61. The van der Waals surface area contributed by atoms with Gasteiger partial charge in [0.2, 0.25) is 0 Å². The first kappa shape index (κ1) is 14.4. The van der Waals surface area contributed by atoms with Gasteiger partial charge in [-0.25, -0.2) is 0 Å². The Balaban J connectivity index is 2.39. The van der Waals surface area contributed by atoms with Crippen LogP contribution in [0.3, 0.4) is 0 Å². The molecule has 1 aromatic rings. The van der Waals surface area contributed by atoms with E-state index < -0.39 is 0 Å². The Morgan fingerprint density at radius 2 is 2.11 bits per heavy atom. The molecule has 0 saturated carbocycles. The van der Waals surface area contributed by atoms with E-state index in [4.69, 9.17) is 10.5 Å². The quantitative estimate of drug-likeness (QED) is 0.597. The molecule has 3 N–H and O–H groups in total. The topological polar surface area (TPSA) is 59.6 Å². The molecular formula is C14H23N3O. The van der Waals surface area contributed by atoms with E-state index in [2.05, 4.69) is 30.2 Å². The SMILES string of the molecule is COc1ccccc1CCNC(N)=NCC(C)C. The predicted octanol–water partition coefficient (Wildman–Crippen LogP) is 1.80. The molecule has 4 heteroatoms. The molecule has 0 radical (unpaired) electrons. The number of hydrogen-bond donors (Lipinski definition) is 2. The maximum absolute atomic E-state index is 5.76. The molecule has 18 heavy (non-hydrogen) atoms. The van der Waals surface area contributed by atoms with Crippen molar-refractivity contribution in [1.29, 1.82) is 0 Å². The molecule has 1 aromatic carbocycles. The maximum atomic E-state index is 5.76. The number of benzene rings is 1. The van der Waals surface area contributed by atoms with E-state index in [1.807, 2.05) is 18.2 Å². The number of nitrogens with zero attached hydrogens (tertiary/aromatic N) is 1. The summed E-state index contributed by atoms with van der Waals surface area (Å²) < 4.78 is 5.29. The van der Waals surface area contributed by atoms with Gasteiger partial charge in [0.05, 0.1) is 7.11 Å². The Labute approximate surface area is 109 Å². The van der Waals surface area contributed by atoms with Crippen LogP contribution in [-0.2, 0) is 6.42 Å². The summed E-state index contributed by atoms with van der Waals surface area (Å²) in [5, 5.41) is 3.11. The van der Waals surface area contributed by atoms with Gasteiger partial charge in [0, 0.05) is 13.1 Å². The van der Waals surface area contributed by atoms with Crippen molar-refractivity contribution in [3.05, 3.63) is 29.8 Å². The Morgan fingerprint density at radius 3 is 2.78 bits per heavy atom. The Hall–Kier alpha value is -1.71. The van der Waals surface area contributed by atoms with E-state index in [9.17, 15) is 0 Å². The first-order chi connectivity index (χ1) is 8.63. The van der Waals surface area contributed by atoms with Crippen LogP contribution in [0, 0.1) is 5.92 Å². The molecule has 4 nitrogen and oxygen atoms in total. The number of hydrogen-bond acceptors (Lipinski definition) is 2. The number of para-hydroxylation sites is 1. The smallest absolute Gasteiger partial charge is 0.188 e. The van der Waals surface area contributed by atoms with Crippen LogP contribution in [0.4, 0.5) is 0 Å². The first-order valence-electron chi connectivity index (χ1n) is 6.29. The number of aliphatic imine (C=N–C) groups is 1. The third kappa shape index (κ3) is 5.08. The van der Waals surface area contributed by atoms with Crippen LogP contribution in [0.5, 0.6) is 5.75 Å². The van der Waals surface area contributed by atoms with Gasteiger partial charge in [-0.2, -0.15) is 0 Å². The van der Waals surface area contributed by atoms with E-state index in [1.165, 1.54) is 5.56 Å². The van der Waals surface area contributed by atoms with E-state index in [0.29, 0.717) is 11.9 Å². The minimum atomic E-state index is 0.513. The molecule has 0 bridgehead atoms. The average molecular weight is 249 g/mol. The van der Waals surface area contributed by atoms with Gasteiger partial charge >= 0.3 is 0 Å². The number of nitrogens with one attached hydrogen (secondary N) is 1. The maximum Gasteiger partial charge on any atom is 0.188 e. The molecule has 0 saturated heterocycles. The van der Waals surface area contributed by atoms with Crippen LogP contribution < -0.4 is 15.8 Å². The van der Waals surface area contributed by atoms with Crippen LogP contribution in [0.15, 0.2) is 29.3 Å². The molecule has 0 atom stereocenters. The fraction of sp³-hybridized carbons (Fsp3) is 0.500. The minimum absolute atomic E-state index is 0.513. The minimum Gasteiger partial charge on any atom is -0.496 e. The standard InChI is InChI=1S/C14H23N3O/c1-11(2)10-17-14(15)16-9-8-12-6-4-5-7-13(12)18-3/h4-7,11H,8-10H2,1-3H3,(H3,15,16,17). The highest BCUT2D eigenvalue weighted by Gasteiger charge is 2.01. The van der Waals surface area contributed by atoms with Crippen molar-refractivity contribution in [3.63, 3.8) is 0 Å². The van der Waals surface area contributed by atoms with Crippen molar-refractivity contribution in [2.24, 2.45) is 16.6 Å². The van der Waals surface area contributed by atoms with Crippen molar-refractivity contribution in [1.82, 2.24) is 5.32 Å². The zero-order chi connectivity index (χ0) is 13.4. The largest absolute Gasteiger partial charge is 0.496 e. The normalized spacial score (nSPS) is 11.7. The predicted molar refractivity (Wildman–Crippen MR) is 76.0 cm³/mol. The summed E-state index contributed by atoms with van der Waals surface area (Å²) in [7, 11) is 1.69. The van der Waals surface area contributed by atoms with Gasteiger partial charge in [0.15, 0.2) is 5.96 Å². The molecule has 0 aliphatic carbocycles. The first-order valence-corrected chi connectivity index (χ1v) is 6.29. The fourth-order valence-electron chi connectivity index (χ4n) is 1.57. The van der Waals surface area contributed by atoms with Crippen molar-refractivity contribution in [2.45, 2.75) is 20.3 Å². The van der Waals surface area contributed by atoms with Crippen molar-refractivity contribution >= 4 is 5.96 Å². The van der Waals surface area contributed by atoms with Crippen LogP contribution in [0.2, 0.25) is 0 Å². The molecule has 100 valence electrons. The molecule has 1 rings (SSSR count). The van der Waals surface area contributed by atoms with Gasteiger partial charge in [0.1, 0.15) is 5.75 Å². The monoisotopic (exact) mass is 249 g/mol.